The summed E-state index contributed by atoms with van der Waals surface area (Å²) >= 11 is 0. The zero-order valence-electron chi connectivity index (χ0n) is 11.5. The molecule has 0 spiro atoms. The predicted molar refractivity (Wildman–Crippen MR) is 70.9 cm³/mol. The zero-order valence-corrected chi connectivity index (χ0v) is 11.5. The van der Waals surface area contributed by atoms with Crippen molar-refractivity contribution >= 4 is 5.91 Å². The van der Waals surface area contributed by atoms with Crippen LogP contribution >= 0.6 is 0 Å². The number of rotatable bonds is 1. The first kappa shape index (κ1) is 13.4. The highest BCUT2D eigenvalue weighted by Gasteiger charge is 2.41. The van der Waals surface area contributed by atoms with Crippen LogP contribution in [-0.4, -0.2) is 36.2 Å². The van der Waals surface area contributed by atoms with Crippen molar-refractivity contribution in [2.75, 3.05) is 19.8 Å². The maximum absolute atomic E-state index is 13.9. The Morgan fingerprint density at radius 3 is 3.00 bits per heavy atom. The number of fused-ring (bicyclic) bond motifs is 1. The topological polar surface area (TPSA) is 38.8 Å². The van der Waals surface area contributed by atoms with E-state index < -0.39 is 5.60 Å². The van der Waals surface area contributed by atoms with Gasteiger partial charge in [-0.3, -0.25) is 4.79 Å². The van der Waals surface area contributed by atoms with Crippen molar-refractivity contribution in [3.05, 3.63) is 29.6 Å². The molecular weight excluding hydrogens is 261 g/mol. The lowest BCUT2D eigenvalue weighted by Crippen LogP contribution is -2.47. The van der Waals surface area contributed by atoms with Gasteiger partial charge in [0.1, 0.15) is 23.8 Å². The van der Waals surface area contributed by atoms with Crippen molar-refractivity contribution in [1.29, 1.82) is 0 Å². The first-order valence-electron chi connectivity index (χ1n) is 6.94. The molecule has 2 aliphatic rings. The quantitative estimate of drug-likeness (QED) is 0.790. The maximum Gasteiger partial charge on any atom is 0.254 e. The highest BCUT2D eigenvalue weighted by Crippen LogP contribution is 2.31. The van der Waals surface area contributed by atoms with Crippen molar-refractivity contribution in [2.45, 2.75) is 31.9 Å². The molecule has 0 N–H and O–H groups in total. The molecule has 108 valence electrons. The first-order chi connectivity index (χ1) is 9.60. The summed E-state index contributed by atoms with van der Waals surface area (Å²) in [6.45, 7) is 3.48. The first-order valence-corrected chi connectivity index (χ1v) is 6.94. The van der Waals surface area contributed by atoms with E-state index in [1.54, 1.807) is 17.0 Å². The second-order valence-electron chi connectivity index (χ2n) is 5.47. The van der Waals surface area contributed by atoms with E-state index in [0.29, 0.717) is 37.5 Å². The van der Waals surface area contributed by atoms with Crippen LogP contribution in [0.3, 0.4) is 0 Å². The van der Waals surface area contributed by atoms with Crippen molar-refractivity contribution in [3.8, 4) is 5.75 Å². The SMILES string of the molecule is CC1(C(=O)N2CCOc3cccc(F)c3C2)CCCO1. The molecule has 3 rings (SSSR count). The average Bonchev–Trinajstić information content (AvgIpc) is 2.76. The van der Waals surface area contributed by atoms with Crippen molar-refractivity contribution in [3.63, 3.8) is 0 Å². The van der Waals surface area contributed by atoms with E-state index >= 15 is 0 Å². The zero-order chi connectivity index (χ0) is 14.2. The summed E-state index contributed by atoms with van der Waals surface area (Å²) in [6, 6.07) is 4.75. The summed E-state index contributed by atoms with van der Waals surface area (Å²) in [4.78, 5) is 14.3. The van der Waals surface area contributed by atoms with Crippen LogP contribution in [0, 0.1) is 5.82 Å². The summed E-state index contributed by atoms with van der Waals surface area (Å²) in [5.74, 6) is 0.118. The van der Waals surface area contributed by atoms with Gasteiger partial charge >= 0.3 is 0 Å². The van der Waals surface area contributed by atoms with E-state index in [2.05, 4.69) is 0 Å². The van der Waals surface area contributed by atoms with Gasteiger partial charge in [-0.05, 0) is 31.9 Å². The average molecular weight is 279 g/mol. The van der Waals surface area contributed by atoms with Crippen LogP contribution in [0.25, 0.3) is 0 Å². The molecule has 0 bridgehead atoms. The smallest absolute Gasteiger partial charge is 0.254 e. The predicted octanol–water partition coefficient (Wildman–Crippen LogP) is 2.12. The Hall–Kier alpha value is -1.62. The third-order valence-electron chi connectivity index (χ3n) is 4.00. The van der Waals surface area contributed by atoms with Crippen LogP contribution in [0.1, 0.15) is 25.3 Å². The molecule has 1 aromatic rings. The Labute approximate surface area is 117 Å². The fourth-order valence-corrected chi connectivity index (χ4v) is 2.82. The van der Waals surface area contributed by atoms with Gasteiger partial charge in [0.25, 0.3) is 5.91 Å². The lowest BCUT2D eigenvalue weighted by atomic mass is 10.0. The van der Waals surface area contributed by atoms with Crippen molar-refractivity contribution < 1.29 is 18.7 Å². The van der Waals surface area contributed by atoms with Crippen LogP contribution in [0.5, 0.6) is 5.75 Å². The monoisotopic (exact) mass is 279 g/mol. The standard InChI is InChI=1S/C15H18FNO3/c1-15(6-3-8-20-15)14(18)17-7-9-19-13-5-2-4-12(16)11(13)10-17/h2,4-5H,3,6-10H2,1H3. The minimum Gasteiger partial charge on any atom is -0.491 e. The van der Waals surface area contributed by atoms with Gasteiger partial charge in [-0.2, -0.15) is 0 Å². The molecule has 1 saturated heterocycles. The van der Waals surface area contributed by atoms with Gasteiger partial charge in [0.2, 0.25) is 0 Å². The van der Waals surface area contributed by atoms with E-state index in [4.69, 9.17) is 9.47 Å². The molecule has 5 heteroatoms. The Morgan fingerprint density at radius 2 is 2.25 bits per heavy atom. The van der Waals surface area contributed by atoms with E-state index in [-0.39, 0.29) is 18.3 Å². The second-order valence-corrected chi connectivity index (χ2v) is 5.47. The number of hydrogen-bond donors (Lipinski definition) is 0. The summed E-state index contributed by atoms with van der Waals surface area (Å²) in [5.41, 5.74) is -0.324. The number of carbonyl (C=O) groups is 1. The maximum atomic E-state index is 13.9. The van der Waals surface area contributed by atoms with Crippen LogP contribution in [0.15, 0.2) is 18.2 Å². The molecule has 1 fully saturated rings. The van der Waals surface area contributed by atoms with E-state index in [1.165, 1.54) is 6.07 Å². The minimum absolute atomic E-state index is 0.0743. The number of nitrogens with zero attached hydrogens (tertiary/aromatic N) is 1. The van der Waals surface area contributed by atoms with Crippen LogP contribution in [0.2, 0.25) is 0 Å². The number of benzene rings is 1. The van der Waals surface area contributed by atoms with Crippen LogP contribution in [-0.2, 0) is 16.1 Å². The molecule has 2 aliphatic heterocycles. The fraction of sp³-hybridized carbons (Fsp3) is 0.533. The lowest BCUT2D eigenvalue weighted by molar-refractivity contribution is -0.151. The molecule has 2 heterocycles. The summed E-state index contributed by atoms with van der Waals surface area (Å²) in [5, 5.41) is 0. The van der Waals surface area contributed by atoms with Crippen molar-refractivity contribution in [2.24, 2.45) is 0 Å². The molecule has 0 aromatic heterocycles. The summed E-state index contributed by atoms with van der Waals surface area (Å²) < 4.78 is 25.0. The van der Waals surface area contributed by atoms with Gasteiger partial charge in [-0.15, -0.1) is 0 Å². The highest BCUT2D eigenvalue weighted by molar-refractivity contribution is 5.85. The van der Waals surface area contributed by atoms with E-state index in [0.717, 1.165) is 6.42 Å². The number of amides is 1. The van der Waals surface area contributed by atoms with Gasteiger partial charge in [-0.25, -0.2) is 4.39 Å². The van der Waals surface area contributed by atoms with E-state index in [1.807, 2.05) is 6.92 Å². The molecule has 1 unspecified atom stereocenters. The molecular formula is C15H18FNO3. The molecule has 0 saturated carbocycles. The molecule has 0 radical (unpaired) electrons. The number of ether oxygens (including phenoxy) is 2. The number of carbonyl (C=O) groups excluding carboxylic acids is 1. The van der Waals surface area contributed by atoms with Crippen LogP contribution in [0.4, 0.5) is 4.39 Å². The fourth-order valence-electron chi connectivity index (χ4n) is 2.82. The normalized spacial score (nSPS) is 25.8. The van der Waals surface area contributed by atoms with Gasteiger partial charge in [0, 0.05) is 12.2 Å². The minimum atomic E-state index is -0.768. The summed E-state index contributed by atoms with van der Waals surface area (Å²) in [7, 11) is 0. The van der Waals surface area contributed by atoms with Gasteiger partial charge in [-0.1, -0.05) is 6.07 Å². The number of halogens is 1. The molecule has 4 nitrogen and oxygen atoms in total. The highest BCUT2D eigenvalue weighted by atomic mass is 19.1. The Bertz CT molecular complexity index is 526. The second kappa shape index (κ2) is 5.05. The molecule has 20 heavy (non-hydrogen) atoms. The third-order valence-corrected chi connectivity index (χ3v) is 4.00. The Morgan fingerprint density at radius 1 is 1.40 bits per heavy atom. The van der Waals surface area contributed by atoms with Crippen LogP contribution < -0.4 is 4.74 Å². The molecule has 1 aromatic carbocycles. The third kappa shape index (κ3) is 2.26. The Balaban J connectivity index is 1.85. The Kier molecular flexibility index (Phi) is 3.38. The van der Waals surface area contributed by atoms with Gasteiger partial charge in [0.05, 0.1) is 13.1 Å². The molecule has 0 aliphatic carbocycles. The lowest BCUT2D eigenvalue weighted by Gasteiger charge is -2.29. The number of hydrogen-bond acceptors (Lipinski definition) is 3. The van der Waals surface area contributed by atoms with Crippen molar-refractivity contribution in [1.82, 2.24) is 4.90 Å². The largest absolute Gasteiger partial charge is 0.491 e. The molecule has 1 atom stereocenters. The van der Waals surface area contributed by atoms with Gasteiger partial charge in [0.15, 0.2) is 0 Å². The summed E-state index contributed by atoms with van der Waals surface area (Å²) in [6.07, 6.45) is 1.60. The van der Waals surface area contributed by atoms with E-state index in [9.17, 15) is 9.18 Å². The van der Waals surface area contributed by atoms with Gasteiger partial charge < -0.3 is 14.4 Å². The molecule has 1 amide bonds.